The summed E-state index contributed by atoms with van der Waals surface area (Å²) in [5, 5.41) is 0. The van der Waals surface area contributed by atoms with Crippen molar-refractivity contribution in [2.45, 2.75) is 0 Å². The molecule has 0 atom stereocenters. The molecule has 0 radical (unpaired) electrons. The lowest BCUT2D eigenvalue weighted by Gasteiger charge is -2.03. The average molecular weight is 360 g/mol. The zero-order chi connectivity index (χ0) is 19.2. The van der Waals surface area contributed by atoms with E-state index in [1.165, 1.54) is 11.1 Å². The first kappa shape index (κ1) is 17.7. The van der Waals surface area contributed by atoms with Crippen LogP contribution in [0.3, 0.4) is 0 Å². The van der Waals surface area contributed by atoms with E-state index in [0.717, 1.165) is 11.1 Å². The summed E-state index contributed by atoms with van der Waals surface area (Å²) in [5.41, 5.74) is 6.05. The summed E-state index contributed by atoms with van der Waals surface area (Å²) in [4.78, 5) is 12.5. The minimum atomic E-state index is 0.0487. The van der Waals surface area contributed by atoms with Gasteiger partial charge in [-0.15, -0.1) is 0 Å². The van der Waals surface area contributed by atoms with Gasteiger partial charge in [-0.1, -0.05) is 121 Å². The molecule has 0 aliphatic heterocycles. The monoisotopic (exact) mass is 360 g/mol. The van der Waals surface area contributed by atoms with Crippen molar-refractivity contribution in [3.05, 3.63) is 131 Å². The van der Waals surface area contributed by atoms with E-state index >= 15 is 0 Å². The van der Waals surface area contributed by atoms with Crippen LogP contribution in [-0.4, -0.2) is 5.78 Å². The maximum Gasteiger partial charge on any atom is 0.193 e. The highest BCUT2D eigenvalue weighted by molar-refractivity contribution is 6.09. The topological polar surface area (TPSA) is 17.1 Å². The molecule has 0 fully saturated rings. The number of carbonyl (C=O) groups is 1. The van der Waals surface area contributed by atoms with Crippen molar-refractivity contribution in [1.82, 2.24) is 0 Å². The van der Waals surface area contributed by atoms with Crippen molar-refractivity contribution >= 4 is 17.9 Å². The van der Waals surface area contributed by atoms with Crippen molar-refractivity contribution in [3.63, 3.8) is 0 Å². The molecule has 4 rings (SSSR count). The van der Waals surface area contributed by atoms with Gasteiger partial charge in [0.2, 0.25) is 0 Å². The highest BCUT2D eigenvalue weighted by Crippen LogP contribution is 2.20. The molecule has 0 aromatic heterocycles. The van der Waals surface area contributed by atoms with Gasteiger partial charge in [-0.2, -0.15) is 0 Å². The Morgan fingerprint density at radius 1 is 0.464 bits per heavy atom. The molecule has 134 valence electrons. The van der Waals surface area contributed by atoms with Gasteiger partial charge in [-0.05, 0) is 22.3 Å². The predicted octanol–water partition coefficient (Wildman–Crippen LogP) is 6.76. The summed E-state index contributed by atoms with van der Waals surface area (Å²) in [6.45, 7) is 0. The fraction of sp³-hybridized carbons (Fsp3) is 0. The number of hydrogen-bond donors (Lipinski definition) is 0. The molecule has 0 saturated heterocycles. The molecule has 0 bridgehead atoms. The van der Waals surface area contributed by atoms with Crippen molar-refractivity contribution < 1.29 is 4.79 Å². The smallest absolute Gasteiger partial charge is 0.193 e. The molecule has 0 spiro atoms. The average Bonchev–Trinajstić information content (AvgIpc) is 2.79. The number of hydrogen-bond acceptors (Lipinski definition) is 1. The molecule has 0 unspecified atom stereocenters. The van der Waals surface area contributed by atoms with Gasteiger partial charge in [0.25, 0.3) is 0 Å². The van der Waals surface area contributed by atoms with Crippen LogP contribution in [0.1, 0.15) is 27.0 Å². The van der Waals surface area contributed by atoms with Gasteiger partial charge in [-0.3, -0.25) is 4.79 Å². The highest BCUT2D eigenvalue weighted by Gasteiger charge is 2.07. The normalized spacial score (nSPS) is 10.9. The molecule has 0 aliphatic rings. The van der Waals surface area contributed by atoms with E-state index in [2.05, 4.69) is 60.7 Å². The molecular weight excluding hydrogens is 340 g/mol. The summed E-state index contributed by atoms with van der Waals surface area (Å²) in [6.07, 6.45) is 4.15. The Kier molecular flexibility index (Phi) is 5.26. The Morgan fingerprint density at radius 2 is 0.893 bits per heavy atom. The zero-order valence-electron chi connectivity index (χ0n) is 15.5. The van der Waals surface area contributed by atoms with Crippen LogP contribution in [0, 0.1) is 0 Å². The van der Waals surface area contributed by atoms with Crippen LogP contribution < -0.4 is 0 Å². The summed E-state index contributed by atoms with van der Waals surface area (Å²) in [5.74, 6) is 0.0487. The van der Waals surface area contributed by atoms with Gasteiger partial charge < -0.3 is 0 Å². The van der Waals surface area contributed by atoms with Gasteiger partial charge in [0.15, 0.2) is 5.78 Å². The van der Waals surface area contributed by atoms with E-state index in [1.54, 1.807) is 0 Å². The van der Waals surface area contributed by atoms with Gasteiger partial charge in [0, 0.05) is 11.1 Å². The fourth-order valence-corrected chi connectivity index (χ4v) is 3.11. The van der Waals surface area contributed by atoms with Crippen molar-refractivity contribution in [3.8, 4) is 11.1 Å². The maximum atomic E-state index is 12.5. The first-order valence-corrected chi connectivity index (χ1v) is 9.33. The van der Waals surface area contributed by atoms with Crippen LogP contribution >= 0.6 is 0 Å². The minimum absolute atomic E-state index is 0.0487. The molecule has 4 aromatic carbocycles. The molecule has 0 heterocycles. The third-order valence-corrected chi connectivity index (χ3v) is 4.69. The van der Waals surface area contributed by atoms with Crippen LogP contribution in [0.5, 0.6) is 0 Å². The molecule has 1 nitrogen and oxygen atoms in total. The van der Waals surface area contributed by atoms with Crippen LogP contribution in [-0.2, 0) is 0 Å². The minimum Gasteiger partial charge on any atom is -0.289 e. The summed E-state index contributed by atoms with van der Waals surface area (Å²) in [6, 6.07) is 35.9. The molecule has 28 heavy (non-hydrogen) atoms. The van der Waals surface area contributed by atoms with Gasteiger partial charge in [0.1, 0.15) is 0 Å². The van der Waals surface area contributed by atoms with E-state index in [1.807, 2.05) is 60.7 Å². The Hall–Kier alpha value is -3.71. The number of rotatable bonds is 5. The largest absolute Gasteiger partial charge is 0.289 e. The van der Waals surface area contributed by atoms with Crippen LogP contribution in [0.25, 0.3) is 23.3 Å². The van der Waals surface area contributed by atoms with E-state index in [-0.39, 0.29) is 5.78 Å². The Bertz CT molecular complexity index is 1070. The molecule has 0 amide bonds. The molecule has 0 aliphatic carbocycles. The first-order valence-electron chi connectivity index (χ1n) is 9.33. The van der Waals surface area contributed by atoms with Crippen molar-refractivity contribution in [2.24, 2.45) is 0 Å². The van der Waals surface area contributed by atoms with Crippen LogP contribution in [0.2, 0.25) is 0 Å². The van der Waals surface area contributed by atoms with Gasteiger partial charge in [0.05, 0.1) is 0 Å². The second-order valence-corrected chi connectivity index (χ2v) is 6.64. The third-order valence-electron chi connectivity index (χ3n) is 4.69. The van der Waals surface area contributed by atoms with E-state index in [0.29, 0.717) is 11.1 Å². The van der Waals surface area contributed by atoms with Crippen molar-refractivity contribution in [1.29, 1.82) is 0 Å². The van der Waals surface area contributed by atoms with E-state index in [9.17, 15) is 4.79 Å². The lowest BCUT2D eigenvalue weighted by Crippen LogP contribution is -2.00. The molecular formula is C27H20O. The SMILES string of the molecule is O=C(c1ccccc1)c1ccc(/C=C\c2ccc(-c3ccccc3)cc2)cc1. The zero-order valence-corrected chi connectivity index (χ0v) is 15.5. The number of ketones is 1. The Labute approximate surface area is 165 Å². The molecule has 1 heteroatoms. The molecule has 4 aromatic rings. The van der Waals surface area contributed by atoms with Crippen LogP contribution in [0.15, 0.2) is 109 Å². The summed E-state index contributed by atoms with van der Waals surface area (Å²) >= 11 is 0. The highest BCUT2D eigenvalue weighted by atomic mass is 16.1. The van der Waals surface area contributed by atoms with Gasteiger partial charge in [-0.25, -0.2) is 0 Å². The predicted molar refractivity (Wildman–Crippen MR) is 117 cm³/mol. The number of benzene rings is 4. The Balaban J connectivity index is 1.45. The lowest BCUT2D eigenvalue weighted by molar-refractivity contribution is 0.103. The Morgan fingerprint density at radius 3 is 1.46 bits per heavy atom. The molecule has 0 N–H and O–H groups in total. The standard InChI is InChI=1S/C27H20O/c28-27(25-9-5-2-6-10-25)26-19-15-22(16-20-26)12-11-21-13-17-24(18-14-21)23-7-3-1-4-8-23/h1-20H/b12-11-. The quantitative estimate of drug-likeness (QED) is 0.284. The third kappa shape index (κ3) is 4.16. The maximum absolute atomic E-state index is 12.5. The molecule has 0 saturated carbocycles. The summed E-state index contributed by atoms with van der Waals surface area (Å²) in [7, 11) is 0. The lowest BCUT2D eigenvalue weighted by atomic mass is 10.0. The van der Waals surface area contributed by atoms with E-state index < -0.39 is 0 Å². The first-order chi connectivity index (χ1) is 13.8. The second-order valence-electron chi connectivity index (χ2n) is 6.64. The van der Waals surface area contributed by atoms with Crippen LogP contribution in [0.4, 0.5) is 0 Å². The fourth-order valence-electron chi connectivity index (χ4n) is 3.11. The van der Waals surface area contributed by atoms with E-state index in [4.69, 9.17) is 0 Å². The number of carbonyl (C=O) groups excluding carboxylic acids is 1. The second kappa shape index (κ2) is 8.32. The van der Waals surface area contributed by atoms with Gasteiger partial charge >= 0.3 is 0 Å². The van der Waals surface area contributed by atoms with Crippen molar-refractivity contribution in [2.75, 3.05) is 0 Å². The summed E-state index contributed by atoms with van der Waals surface area (Å²) < 4.78 is 0.